The zero-order valence-electron chi connectivity index (χ0n) is 9.22. The van der Waals surface area contributed by atoms with Gasteiger partial charge in [0.1, 0.15) is 0 Å². The summed E-state index contributed by atoms with van der Waals surface area (Å²) in [6.45, 7) is 3.81. The first-order valence-corrected chi connectivity index (χ1v) is 5.51. The fraction of sp³-hybridized carbons (Fsp3) is 0.600. The average molecular weight is 223 g/mol. The Kier molecular flexibility index (Phi) is 3.40. The smallest absolute Gasteiger partial charge is 0.234 e. The van der Waals surface area contributed by atoms with Crippen molar-refractivity contribution >= 4 is 11.6 Å². The van der Waals surface area contributed by atoms with Crippen LogP contribution in [0, 0.1) is 0 Å². The summed E-state index contributed by atoms with van der Waals surface area (Å²) < 4.78 is 1.80. The van der Waals surface area contributed by atoms with E-state index in [-0.39, 0.29) is 5.91 Å². The molecule has 1 aromatic rings. The quantitative estimate of drug-likeness (QED) is 0.709. The molecule has 16 heavy (non-hydrogen) atoms. The summed E-state index contributed by atoms with van der Waals surface area (Å²) in [6.07, 6.45) is 4.44. The maximum atomic E-state index is 11.3. The van der Waals surface area contributed by atoms with Crippen molar-refractivity contribution in [3.8, 4) is 0 Å². The number of carbonyl (C=O) groups excluding carboxylic acids is 1. The topological polar surface area (TPSA) is 76.2 Å². The van der Waals surface area contributed by atoms with E-state index in [0.717, 1.165) is 32.6 Å². The number of nitrogens with two attached hydrogens (primary N) is 1. The highest BCUT2D eigenvalue weighted by Gasteiger charge is 2.13. The summed E-state index contributed by atoms with van der Waals surface area (Å²) >= 11 is 0. The van der Waals surface area contributed by atoms with E-state index in [2.05, 4.69) is 15.3 Å². The maximum absolute atomic E-state index is 11.3. The van der Waals surface area contributed by atoms with Crippen LogP contribution in [0.3, 0.4) is 0 Å². The van der Waals surface area contributed by atoms with Crippen LogP contribution in [-0.4, -0.2) is 46.8 Å². The third-order valence-electron chi connectivity index (χ3n) is 2.64. The molecule has 0 aliphatic carbocycles. The molecule has 1 aliphatic rings. The highest BCUT2D eigenvalue weighted by Crippen LogP contribution is 2.00. The van der Waals surface area contributed by atoms with Gasteiger partial charge in [0.2, 0.25) is 5.91 Å². The summed E-state index contributed by atoms with van der Waals surface area (Å²) in [5, 5.41) is 6.96. The second-order valence-electron chi connectivity index (χ2n) is 4.02. The molecule has 2 rings (SSSR count). The standard InChI is InChI=1S/C10H17N5O/c11-9-6-13-15(7-9)5-4-14-3-1-2-12-10(16)8-14/h6-7H,1-5,8,11H2,(H,12,16). The van der Waals surface area contributed by atoms with Gasteiger partial charge in [-0.1, -0.05) is 0 Å². The molecule has 0 spiro atoms. The summed E-state index contributed by atoms with van der Waals surface area (Å²) in [7, 11) is 0. The number of aromatic nitrogens is 2. The number of rotatable bonds is 3. The number of hydrogen-bond donors (Lipinski definition) is 2. The van der Waals surface area contributed by atoms with E-state index in [1.54, 1.807) is 17.1 Å². The summed E-state index contributed by atoms with van der Waals surface area (Å²) in [5.74, 6) is 0.109. The number of nitrogens with one attached hydrogen (secondary N) is 1. The van der Waals surface area contributed by atoms with Gasteiger partial charge in [-0.3, -0.25) is 14.4 Å². The summed E-state index contributed by atoms with van der Waals surface area (Å²) in [6, 6.07) is 0. The molecule has 0 aromatic carbocycles. The summed E-state index contributed by atoms with van der Waals surface area (Å²) in [5.41, 5.74) is 6.25. The lowest BCUT2D eigenvalue weighted by Crippen LogP contribution is -2.35. The molecule has 0 saturated carbocycles. The van der Waals surface area contributed by atoms with Gasteiger partial charge in [-0.25, -0.2) is 0 Å². The van der Waals surface area contributed by atoms with Gasteiger partial charge in [-0.2, -0.15) is 5.10 Å². The second-order valence-corrected chi connectivity index (χ2v) is 4.02. The van der Waals surface area contributed by atoms with Crippen LogP contribution in [0.15, 0.2) is 12.4 Å². The Hall–Kier alpha value is -1.56. The predicted molar refractivity (Wildman–Crippen MR) is 60.7 cm³/mol. The molecule has 6 nitrogen and oxygen atoms in total. The molecule has 3 N–H and O–H groups in total. The molecule has 88 valence electrons. The molecule has 0 radical (unpaired) electrons. The first-order chi connectivity index (χ1) is 7.74. The van der Waals surface area contributed by atoms with Crippen molar-refractivity contribution in [1.82, 2.24) is 20.0 Å². The predicted octanol–water partition coefficient (Wildman–Crippen LogP) is -0.713. The largest absolute Gasteiger partial charge is 0.396 e. The zero-order valence-corrected chi connectivity index (χ0v) is 9.22. The van der Waals surface area contributed by atoms with Crippen LogP contribution in [0.4, 0.5) is 5.69 Å². The Bertz CT molecular complexity index is 362. The van der Waals surface area contributed by atoms with Crippen molar-refractivity contribution in [3.63, 3.8) is 0 Å². The Morgan fingerprint density at radius 3 is 3.12 bits per heavy atom. The number of carbonyl (C=O) groups is 1. The number of hydrogen-bond acceptors (Lipinski definition) is 4. The van der Waals surface area contributed by atoms with Crippen molar-refractivity contribution in [2.45, 2.75) is 13.0 Å². The van der Waals surface area contributed by atoms with E-state index in [4.69, 9.17) is 5.73 Å². The molecular formula is C10H17N5O. The third kappa shape index (κ3) is 2.96. The van der Waals surface area contributed by atoms with Gasteiger partial charge < -0.3 is 11.1 Å². The van der Waals surface area contributed by atoms with Crippen LogP contribution >= 0.6 is 0 Å². The van der Waals surface area contributed by atoms with E-state index in [9.17, 15) is 4.79 Å². The van der Waals surface area contributed by atoms with Crippen molar-refractivity contribution in [2.24, 2.45) is 0 Å². The monoisotopic (exact) mass is 223 g/mol. The van der Waals surface area contributed by atoms with Crippen LogP contribution < -0.4 is 11.1 Å². The lowest BCUT2D eigenvalue weighted by molar-refractivity contribution is -0.121. The minimum Gasteiger partial charge on any atom is -0.396 e. The normalized spacial score (nSPS) is 18.1. The highest BCUT2D eigenvalue weighted by molar-refractivity contribution is 5.78. The second kappa shape index (κ2) is 4.98. The van der Waals surface area contributed by atoms with Crippen LogP contribution in [0.1, 0.15) is 6.42 Å². The maximum Gasteiger partial charge on any atom is 0.234 e. The number of nitrogen functional groups attached to an aromatic ring is 1. The molecule has 0 unspecified atom stereocenters. The minimum absolute atomic E-state index is 0.109. The van der Waals surface area contributed by atoms with Gasteiger partial charge >= 0.3 is 0 Å². The fourth-order valence-corrected chi connectivity index (χ4v) is 1.81. The molecule has 1 amide bonds. The van der Waals surface area contributed by atoms with E-state index in [1.807, 2.05) is 0 Å². The lowest BCUT2D eigenvalue weighted by atomic mass is 10.4. The van der Waals surface area contributed by atoms with Crippen LogP contribution in [0.2, 0.25) is 0 Å². The van der Waals surface area contributed by atoms with E-state index >= 15 is 0 Å². The van der Waals surface area contributed by atoms with E-state index < -0.39 is 0 Å². The SMILES string of the molecule is Nc1cnn(CCN2CCCNC(=O)C2)c1. The van der Waals surface area contributed by atoms with Gasteiger partial charge in [0.15, 0.2) is 0 Å². The highest BCUT2D eigenvalue weighted by atomic mass is 16.2. The van der Waals surface area contributed by atoms with Crippen LogP contribution in [0.5, 0.6) is 0 Å². The van der Waals surface area contributed by atoms with Gasteiger partial charge in [-0.05, 0) is 6.42 Å². The van der Waals surface area contributed by atoms with Gasteiger partial charge in [-0.15, -0.1) is 0 Å². The van der Waals surface area contributed by atoms with Crippen LogP contribution in [-0.2, 0) is 11.3 Å². The first kappa shape index (κ1) is 10.9. The Labute approximate surface area is 94.4 Å². The Morgan fingerprint density at radius 1 is 1.50 bits per heavy atom. The third-order valence-corrected chi connectivity index (χ3v) is 2.64. The molecule has 1 aromatic heterocycles. The summed E-state index contributed by atoms with van der Waals surface area (Å²) in [4.78, 5) is 13.5. The van der Waals surface area contributed by atoms with E-state index in [1.165, 1.54) is 0 Å². The number of anilines is 1. The van der Waals surface area contributed by atoms with Gasteiger partial charge in [0, 0.05) is 25.8 Å². The average Bonchev–Trinajstić information content (AvgIpc) is 2.55. The molecule has 6 heteroatoms. The number of nitrogens with zero attached hydrogens (tertiary/aromatic N) is 3. The molecular weight excluding hydrogens is 206 g/mol. The zero-order chi connectivity index (χ0) is 11.4. The minimum atomic E-state index is 0.109. The molecule has 0 bridgehead atoms. The van der Waals surface area contributed by atoms with Crippen molar-refractivity contribution in [2.75, 3.05) is 31.9 Å². The Balaban J connectivity index is 1.82. The molecule has 0 atom stereocenters. The molecule has 2 heterocycles. The Morgan fingerprint density at radius 2 is 2.38 bits per heavy atom. The van der Waals surface area contributed by atoms with Gasteiger partial charge in [0.25, 0.3) is 0 Å². The van der Waals surface area contributed by atoms with Crippen molar-refractivity contribution in [1.29, 1.82) is 0 Å². The van der Waals surface area contributed by atoms with Gasteiger partial charge in [0.05, 0.1) is 25.0 Å². The lowest BCUT2D eigenvalue weighted by Gasteiger charge is -2.17. The molecule has 1 aliphatic heterocycles. The number of amides is 1. The molecule has 1 saturated heterocycles. The first-order valence-electron chi connectivity index (χ1n) is 5.51. The van der Waals surface area contributed by atoms with Crippen molar-refractivity contribution in [3.05, 3.63) is 12.4 Å². The van der Waals surface area contributed by atoms with Crippen molar-refractivity contribution < 1.29 is 4.79 Å². The van der Waals surface area contributed by atoms with Crippen LogP contribution in [0.25, 0.3) is 0 Å². The van der Waals surface area contributed by atoms with E-state index in [0.29, 0.717) is 12.2 Å². The molecule has 1 fully saturated rings. The fourth-order valence-electron chi connectivity index (χ4n) is 1.81.